The van der Waals surface area contributed by atoms with Crippen molar-refractivity contribution in [3.05, 3.63) is 41.2 Å². The van der Waals surface area contributed by atoms with Crippen LogP contribution in [-0.2, 0) is 6.61 Å². The summed E-state index contributed by atoms with van der Waals surface area (Å²) < 4.78 is 10.8. The highest BCUT2D eigenvalue weighted by molar-refractivity contribution is 5.96. The molecule has 0 radical (unpaired) electrons. The number of aryl methyl sites for hydroxylation is 1. The van der Waals surface area contributed by atoms with Crippen LogP contribution in [0.25, 0.3) is 0 Å². The zero-order chi connectivity index (χ0) is 16.8. The summed E-state index contributed by atoms with van der Waals surface area (Å²) in [6, 6.07) is 7.14. The quantitative estimate of drug-likeness (QED) is 0.841. The van der Waals surface area contributed by atoms with Gasteiger partial charge in [0.05, 0.1) is 24.1 Å². The first-order valence-electron chi connectivity index (χ1n) is 7.23. The Labute approximate surface area is 134 Å². The van der Waals surface area contributed by atoms with Gasteiger partial charge in [0, 0.05) is 6.54 Å². The molecule has 0 unspecified atom stereocenters. The minimum atomic E-state index is -0.238. The average Bonchev–Trinajstić information content (AvgIpc) is 2.53. The summed E-state index contributed by atoms with van der Waals surface area (Å²) in [7, 11) is 1.60. The standard InChI is InChI=1S/C16H20N4O3/c1-4-18-15(21)14-10(2)19-16(17)20-13(14)9-23-12-7-5-11(22-3)6-8-12/h5-8H,4,9H2,1-3H3,(H,18,21)(H2,17,19,20). The molecule has 23 heavy (non-hydrogen) atoms. The Morgan fingerprint density at radius 2 is 1.87 bits per heavy atom. The van der Waals surface area contributed by atoms with Crippen molar-refractivity contribution in [1.82, 2.24) is 15.3 Å². The lowest BCUT2D eigenvalue weighted by Gasteiger charge is -2.13. The van der Waals surface area contributed by atoms with Crippen molar-refractivity contribution in [3.8, 4) is 11.5 Å². The minimum absolute atomic E-state index is 0.115. The number of methoxy groups -OCH3 is 1. The molecule has 3 N–H and O–H groups in total. The Hall–Kier alpha value is -2.83. The highest BCUT2D eigenvalue weighted by Gasteiger charge is 2.18. The lowest BCUT2D eigenvalue weighted by Crippen LogP contribution is -2.26. The number of anilines is 1. The maximum absolute atomic E-state index is 12.2. The molecule has 0 spiro atoms. The van der Waals surface area contributed by atoms with Gasteiger partial charge in [0.15, 0.2) is 0 Å². The molecule has 2 aromatic rings. The molecule has 0 bridgehead atoms. The first-order valence-corrected chi connectivity index (χ1v) is 7.23. The van der Waals surface area contributed by atoms with Crippen molar-refractivity contribution in [2.45, 2.75) is 20.5 Å². The number of nitrogen functional groups attached to an aromatic ring is 1. The van der Waals surface area contributed by atoms with Crippen LogP contribution in [0.5, 0.6) is 11.5 Å². The van der Waals surface area contributed by atoms with Gasteiger partial charge in [0.2, 0.25) is 5.95 Å². The summed E-state index contributed by atoms with van der Waals surface area (Å²) in [5, 5.41) is 2.74. The van der Waals surface area contributed by atoms with E-state index in [2.05, 4.69) is 15.3 Å². The van der Waals surface area contributed by atoms with E-state index in [0.717, 1.165) is 5.75 Å². The fourth-order valence-electron chi connectivity index (χ4n) is 2.13. The maximum atomic E-state index is 12.2. The predicted molar refractivity (Wildman–Crippen MR) is 86.5 cm³/mol. The maximum Gasteiger partial charge on any atom is 0.255 e. The molecule has 1 heterocycles. The van der Waals surface area contributed by atoms with Crippen LogP contribution in [0.3, 0.4) is 0 Å². The topological polar surface area (TPSA) is 99.4 Å². The molecule has 0 fully saturated rings. The number of nitrogens with two attached hydrogens (primary N) is 1. The van der Waals surface area contributed by atoms with Gasteiger partial charge in [-0.25, -0.2) is 9.97 Å². The summed E-state index contributed by atoms with van der Waals surface area (Å²) in [4.78, 5) is 20.4. The van der Waals surface area contributed by atoms with Crippen LogP contribution in [0.1, 0.15) is 28.7 Å². The second kappa shape index (κ2) is 7.44. The van der Waals surface area contributed by atoms with Crippen molar-refractivity contribution in [2.24, 2.45) is 0 Å². The van der Waals surface area contributed by atoms with Crippen molar-refractivity contribution in [1.29, 1.82) is 0 Å². The zero-order valence-electron chi connectivity index (χ0n) is 13.4. The number of amides is 1. The third-order valence-electron chi connectivity index (χ3n) is 3.18. The molecule has 7 heteroatoms. The fraction of sp³-hybridized carbons (Fsp3) is 0.312. The van der Waals surface area contributed by atoms with Gasteiger partial charge in [-0.1, -0.05) is 0 Å². The number of benzene rings is 1. The van der Waals surface area contributed by atoms with Gasteiger partial charge in [-0.2, -0.15) is 0 Å². The van der Waals surface area contributed by atoms with Gasteiger partial charge in [-0.15, -0.1) is 0 Å². The van der Waals surface area contributed by atoms with Gasteiger partial charge in [0.25, 0.3) is 5.91 Å². The Morgan fingerprint density at radius 1 is 1.22 bits per heavy atom. The molecule has 1 amide bonds. The van der Waals surface area contributed by atoms with E-state index in [0.29, 0.717) is 29.2 Å². The minimum Gasteiger partial charge on any atom is -0.497 e. The Kier molecular flexibility index (Phi) is 5.35. The van der Waals surface area contributed by atoms with Crippen LogP contribution in [0, 0.1) is 6.92 Å². The molecular weight excluding hydrogens is 296 g/mol. The van der Waals surface area contributed by atoms with Crippen LogP contribution in [0.2, 0.25) is 0 Å². The van der Waals surface area contributed by atoms with E-state index < -0.39 is 0 Å². The lowest BCUT2D eigenvalue weighted by atomic mass is 10.1. The SMILES string of the molecule is CCNC(=O)c1c(C)nc(N)nc1COc1ccc(OC)cc1. The predicted octanol–water partition coefficient (Wildman–Crippen LogP) is 1.70. The second-order valence-electron chi connectivity index (χ2n) is 4.81. The zero-order valence-corrected chi connectivity index (χ0v) is 13.4. The first-order chi connectivity index (χ1) is 11.0. The van der Waals surface area contributed by atoms with Gasteiger partial charge in [0.1, 0.15) is 18.1 Å². The number of carbonyl (C=O) groups is 1. The van der Waals surface area contributed by atoms with Crippen LogP contribution in [-0.4, -0.2) is 29.5 Å². The monoisotopic (exact) mass is 316 g/mol. The highest BCUT2D eigenvalue weighted by atomic mass is 16.5. The molecule has 122 valence electrons. The third-order valence-corrected chi connectivity index (χ3v) is 3.18. The van der Waals surface area contributed by atoms with Crippen LogP contribution >= 0.6 is 0 Å². The molecular formula is C16H20N4O3. The molecule has 7 nitrogen and oxygen atoms in total. The van der Waals surface area contributed by atoms with E-state index in [1.165, 1.54) is 0 Å². The van der Waals surface area contributed by atoms with Crippen molar-refractivity contribution >= 4 is 11.9 Å². The summed E-state index contributed by atoms with van der Waals surface area (Å²) >= 11 is 0. The smallest absolute Gasteiger partial charge is 0.255 e. The van der Waals surface area contributed by atoms with Crippen molar-refractivity contribution in [2.75, 3.05) is 19.4 Å². The number of aromatic nitrogens is 2. The van der Waals surface area contributed by atoms with Crippen LogP contribution in [0.4, 0.5) is 5.95 Å². The molecule has 1 aromatic carbocycles. The Balaban J connectivity index is 2.22. The van der Waals surface area contributed by atoms with E-state index in [4.69, 9.17) is 15.2 Å². The molecule has 0 aliphatic rings. The van der Waals surface area contributed by atoms with Crippen LogP contribution < -0.4 is 20.5 Å². The van der Waals surface area contributed by atoms with Gasteiger partial charge >= 0.3 is 0 Å². The van der Waals surface area contributed by atoms with E-state index in [9.17, 15) is 4.79 Å². The number of carbonyl (C=O) groups excluding carboxylic acids is 1. The number of nitrogens with one attached hydrogen (secondary N) is 1. The first kappa shape index (κ1) is 16.5. The summed E-state index contributed by atoms with van der Waals surface area (Å²) in [5.74, 6) is 1.26. The van der Waals surface area contributed by atoms with Gasteiger partial charge in [-0.05, 0) is 38.1 Å². The van der Waals surface area contributed by atoms with E-state index >= 15 is 0 Å². The van der Waals surface area contributed by atoms with E-state index in [-0.39, 0.29) is 18.5 Å². The molecule has 2 rings (SSSR count). The summed E-state index contributed by atoms with van der Waals surface area (Å²) in [6.45, 7) is 4.20. The molecule has 0 saturated carbocycles. The van der Waals surface area contributed by atoms with Crippen molar-refractivity contribution < 1.29 is 14.3 Å². The lowest BCUT2D eigenvalue weighted by molar-refractivity contribution is 0.0951. The molecule has 0 aliphatic heterocycles. The fourth-order valence-corrected chi connectivity index (χ4v) is 2.13. The van der Waals surface area contributed by atoms with Gasteiger partial charge < -0.3 is 20.5 Å². The third kappa shape index (κ3) is 4.09. The summed E-state index contributed by atoms with van der Waals surface area (Å²) in [5.41, 5.74) is 7.06. The molecule has 0 atom stereocenters. The number of rotatable bonds is 6. The molecule has 0 aliphatic carbocycles. The molecule has 1 aromatic heterocycles. The van der Waals surface area contributed by atoms with E-state index in [1.807, 2.05) is 6.92 Å². The number of hydrogen-bond donors (Lipinski definition) is 2. The summed E-state index contributed by atoms with van der Waals surface area (Å²) in [6.07, 6.45) is 0. The Morgan fingerprint density at radius 3 is 2.48 bits per heavy atom. The van der Waals surface area contributed by atoms with E-state index in [1.54, 1.807) is 38.3 Å². The number of nitrogens with zero attached hydrogens (tertiary/aromatic N) is 2. The highest BCUT2D eigenvalue weighted by Crippen LogP contribution is 2.19. The largest absolute Gasteiger partial charge is 0.497 e. The van der Waals surface area contributed by atoms with Crippen molar-refractivity contribution in [3.63, 3.8) is 0 Å². The number of hydrogen-bond acceptors (Lipinski definition) is 6. The normalized spacial score (nSPS) is 10.2. The average molecular weight is 316 g/mol. The van der Waals surface area contributed by atoms with Crippen LogP contribution in [0.15, 0.2) is 24.3 Å². The second-order valence-corrected chi connectivity index (χ2v) is 4.81. The van der Waals surface area contributed by atoms with Gasteiger partial charge in [-0.3, -0.25) is 4.79 Å². The Bertz CT molecular complexity index is 686. The molecule has 0 saturated heterocycles. The number of ether oxygens (including phenoxy) is 2.